The van der Waals surface area contributed by atoms with E-state index >= 15 is 0 Å². The van der Waals surface area contributed by atoms with Crippen molar-refractivity contribution < 1.29 is 9.59 Å². The van der Waals surface area contributed by atoms with Gasteiger partial charge in [0.15, 0.2) is 0 Å². The van der Waals surface area contributed by atoms with Gasteiger partial charge in [-0.15, -0.1) is 0 Å². The van der Waals surface area contributed by atoms with Gasteiger partial charge in [-0.2, -0.15) is 0 Å². The summed E-state index contributed by atoms with van der Waals surface area (Å²) >= 11 is 0. The Morgan fingerprint density at radius 1 is 1.13 bits per heavy atom. The highest BCUT2D eigenvalue weighted by molar-refractivity contribution is 6.08. The normalized spacial score (nSPS) is 22.6. The van der Waals surface area contributed by atoms with Crippen molar-refractivity contribution in [3.8, 4) is 0 Å². The van der Waals surface area contributed by atoms with E-state index in [0.29, 0.717) is 13.0 Å². The Balaban J connectivity index is 1.68. The zero-order valence-electron chi connectivity index (χ0n) is 13.0. The third-order valence-corrected chi connectivity index (χ3v) is 4.85. The first kappa shape index (κ1) is 14.0. The molecule has 1 spiro atoms. The molecule has 2 aliphatic rings. The highest BCUT2D eigenvalue weighted by Crippen LogP contribution is 2.41. The molecule has 2 aromatic carbocycles. The molecule has 4 nitrogen and oxygen atoms in total. The topological polar surface area (TPSA) is 49.4 Å². The summed E-state index contributed by atoms with van der Waals surface area (Å²) in [6.45, 7) is 2.32. The SMILES string of the molecule is Cc1cccc(CN2C(=O)NC3(CCc4ccccc43)C2=O)c1. The van der Waals surface area contributed by atoms with Crippen LogP contribution >= 0.6 is 0 Å². The summed E-state index contributed by atoms with van der Waals surface area (Å²) in [5, 5.41) is 2.96. The van der Waals surface area contributed by atoms with Gasteiger partial charge in [-0.1, -0.05) is 54.1 Å². The Kier molecular flexibility index (Phi) is 3.01. The summed E-state index contributed by atoms with van der Waals surface area (Å²) in [4.78, 5) is 26.8. The lowest BCUT2D eigenvalue weighted by molar-refractivity contribution is -0.132. The zero-order valence-corrected chi connectivity index (χ0v) is 13.0. The second-order valence-corrected chi connectivity index (χ2v) is 6.37. The van der Waals surface area contributed by atoms with Gasteiger partial charge in [0.2, 0.25) is 0 Å². The molecule has 1 heterocycles. The lowest BCUT2D eigenvalue weighted by Crippen LogP contribution is -2.41. The van der Waals surface area contributed by atoms with Crippen LogP contribution < -0.4 is 5.32 Å². The van der Waals surface area contributed by atoms with Gasteiger partial charge in [0.25, 0.3) is 5.91 Å². The van der Waals surface area contributed by atoms with Crippen LogP contribution in [0.5, 0.6) is 0 Å². The molecule has 4 rings (SSSR count). The second-order valence-electron chi connectivity index (χ2n) is 6.37. The number of carbonyl (C=O) groups is 2. The Labute approximate surface area is 135 Å². The lowest BCUT2D eigenvalue weighted by Gasteiger charge is -2.22. The van der Waals surface area contributed by atoms with Gasteiger partial charge in [-0.25, -0.2) is 4.79 Å². The molecule has 0 bridgehead atoms. The first-order valence-electron chi connectivity index (χ1n) is 7.88. The Hall–Kier alpha value is -2.62. The number of imide groups is 1. The van der Waals surface area contributed by atoms with Crippen LogP contribution in [0, 0.1) is 6.92 Å². The quantitative estimate of drug-likeness (QED) is 0.867. The molecule has 4 heteroatoms. The van der Waals surface area contributed by atoms with Crippen molar-refractivity contribution in [3.05, 3.63) is 70.8 Å². The van der Waals surface area contributed by atoms with E-state index in [-0.39, 0.29) is 11.9 Å². The van der Waals surface area contributed by atoms with Crippen LogP contribution in [0.2, 0.25) is 0 Å². The van der Waals surface area contributed by atoms with Gasteiger partial charge >= 0.3 is 6.03 Å². The standard InChI is InChI=1S/C19H18N2O2/c1-13-5-4-6-14(11-13)12-21-17(22)19(20-18(21)23)10-9-15-7-2-3-8-16(15)19/h2-8,11H,9-10,12H2,1H3,(H,20,23). The summed E-state index contributed by atoms with van der Waals surface area (Å²) in [7, 11) is 0. The number of carbonyl (C=O) groups excluding carboxylic acids is 2. The average Bonchev–Trinajstić information content (AvgIpc) is 3.02. The summed E-state index contributed by atoms with van der Waals surface area (Å²) in [5.74, 6) is -0.131. The van der Waals surface area contributed by atoms with Gasteiger partial charge in [0.1, 0.15) is 5.54 Å². The van der Waals surface area contributed by atoms with Crippen molar-refractivity contribution in [3.63, 3.8) is 0 Å². The highest BCUT2D eigenvalue weighted by atomic mass is 16.2. The maximum Gasteiger partial charge on any atom is 0.325 e. The van der Waals surface area contributed by atoms with Gasteiger partial charge in [-0.3, -0.25) is 9.69 Å². The highest BCUT2D eigenvalue weighted by Gasteiger charge is 2.55. The molecule has 1 unspecified atom stereocenters. The fraction of sp³-hybridized carbons (Fsp3) is 0.263. The molecule has 1 N–H and O–H groups in total. The third-order valence-electron chi connectivity index (χ3n) is 4.85. The van der Waals surface area contributed by atoms with Gasteiger partial charge in [0, 0.05) is 0 Å². The smallest absolute Gasteiger partial charge is 0.319 e. The Morgan fingerprint density at radius 2 is 1.96 bits per heavy atom. The molecular formula is C19H18N2O2. The summed E-state index contributed by atoms with van der Waals surface area (Å²) < 4.78 is 0. The van der Waals surface area contributed by atoms with E-state index in [1.54, 1.807) is 0 Å². The molecule has 1 aliphatic carbocycles. The number of nitrogens with one attached hydrogen (secondary N) is 1. The monoisotopic (exact) mass is 306 g/mol. The Bertz CT molecular complexity index is 815. The molecule has 1 aliphatic heterocycles. The van der Waals surface area contributed by atoms with E-state index < -0.39 is 5.54 Å². The van der Waals surface area contributed by atoms with Crippen LogP contribution in [0.1, 0.15) is 28.7 Å². The second kappa shape index (κ2) is 4.95. The van der Waals surface area contributed by atoms with Gasteiger partial charge < -0.3 is 5.32 Å². The Morgan fingerprint density at radius 3 is 2.78 bits per heavy atom. The minimum Gasteiger partial charge on any atom is -0.319 e. The van der Waals surface area contributed by atoms with E-state index in [2.05, 4.69) is 5.32 Å². The van der Waals surface area contributed by atoms with E-state index in [9.17, 15) is 9.59 Å². The number of amides is 3. The van der Waals surface area contributed by atoms with Crippen molar-refractivity contribution in [1.29, 1.82) is 0 Å². The van der Waals surface area contributed by atoms with Crippen LogP contribution in [-0.2, 0) is 23.3 Å². The van der Waals surface area contributed by atoms with Crippen molar-refractivity contribution in [1.82, 2.24) is 10.2 Å². The van der Waals surface area contributed by atoms with E-state index in [1.807, 2.05) is 55.5 Å². The number of hydrogen-bond donors (Lipinski definition) is 1. The van der Waals surface area contributed by atoms with Crippen molar-refractivity contribution >= 4 is 11.9 Å². The van der Waals surface area contributed by atoms with Crippen LogP contribution in [-0.4, -0.2) is 16.8 Å². The molecule has 0 saturated carbocycles. The largest absolute Gasteiger partial charge is 0.325 e. The first-order valence-corrected chi connectivity index (χ1v) is 7.88. The predicted molar refractivity (Wildman–Crippen MR) is 86.7 cm³/mol. The summed E-state index contributed by atoms with van der Waals surface area (Å²) in [6, 6.07) is 15.5. The number of benzene rings is 2. The van der Waals surface area contributed by atoms with E-state index in [4.69, 9.17) is 0 Å². The molecule has 1 saturated heterocycles. The van der Waals surface area contributed by atoms with Crippen LogP contribution in [0.15, 0.2) is 48.5 Å². The van der Waals surface area contributed by atoms with Gasteiger partial charge in [-0.05, 0) is 36.5 Å². The number of urea groups is 1. The number of hydrogen-bond acceptors (Lipinski definition) is 2. The van der Waals surface area contributed by atoms with Crippen molar-refractivity contribution in [2.24, 2.45) is 0 Å². The third kappa shape index (κ3) is 2.05. The maximum absolute atomic E-state index is 13.0. The minimum absolute atomic E-state index is 0.131. The van der Waals surface area contributed by atoms with E-state index in [0.717, 1.165) is 28.7 Å². The van der Waals surface area contributed by atoms with E-state index in [1.165, 1.54) is 4.90 Å². The fourth-order valence-corrected chi connectivity index (χ4v) is 3.73. The van der Waals surface area contributed by atoms with Gasteiger partial charge in [0.05, 0.1) is 6.54 Å². The molecular weight excluding hydrogens is 288 g/mol. The molecule has 0 radical (unpaired) electrons. The van der Waals surface area contributed by atoms with Crippen molar-refractivity contribution in [2.75, 3.05) is 0 Å². The molecule has 116 valence electrons. The molecule has 2 aromatic rings. The molecule has 3 amide bonds. The number of rotatable bonds is 2. The number of nitrogens with zero attached hydrogens (tertiary/aromatic N) is 1. The zero-order chi connectivity index (χ0) is 16.0. The summed E-state index contributed by atoms with van der Waals surface area (Å²) in [5.41, 5.74) is 3.33. The first-order chi connectivity index (χ1) is 11.1. The molecule has 0 aromatic heterocycles. The van der Waals surface area contributed by atoms with Crippen molar-refractivity contribution in [2.45, 2.75) is 31.8 Å². The molecule has 23 heavy (non-hydrogen) atoms. The van der Waals surface area contributed by atoms with Crippen LogP contribution in [0.4, 0.5) is 4.79 Å². The molecule has 1 atom stereocenters. The minimum atomic E-state index is -0.864. The average molecular weight is 306 g/mol. The predicted octanol–water partition coefficient (Wildman–Crippen LogP) is 2.89. The number of aryl methyl sites for hydroxylation is 2. The van der Waals surface area contributed by atoms with Crippen LogP contribution in [0.3, 0.4) is 0 Å². The summed E-state index contributed by atoms with van der Waals surface area (Å²) in [6.07, 6.45) is 1.46. The molecule has 1 fully saturated rings. The number of fused-ring (bicyclic) bond motifs is 2. The lowest BCUT2D eigenvalue weighted by atomic mass is 9.92. The maximum atomic E-state index is 13.0. The van der Waals surface area contributed by atoms with Crippen LogP contribution in [0.25, 0.3) is 0 Å². The fourth-order valence-electron chi connectivity index (χ4n) is 3.73.